The van der Waals surface area contributed by atoms with E-state index in [-0.39, 0.29) is 5.91 Å². The fourth-order valence-electron chi connectivity index (χ4n) is 1.87. The lowest BCUT2D eigenvalue weighted by Crippen LogP contribution is -2.25. The van der Waals surface area contributed by atoms with Crippen LogP contribution in [0.3, 0.4) is 0 Å². The van der Waals surface area contributed by atoms with Gasteiger partial charge >= 0.3 is 0 Å². The first-order chi connectivity index (χ1) is 8.75. The van der Waals surface area contributed by atoms with Crippen molar-refractivity contribution in [2.75, 3.05) is 6.54 Å². The van der Waals surface area contributed by atoms with E-state index >= 15 is 0 Å². The molecule has 3 nitrogen and oxygen atoms in total. The number of carbonyl (C=O) groups excluding carboxylic acids is 1. The summed E-state index contributed by atoms with van der Waals surface area (Å²) in [4.78, 5) is 13.0. The van der Waals surface area contributed by atoms with Gasteiger partial charge in [0.15, 0.2) is 0 Å². The number of aryl methyl sites for hydroxylation is 2. The van der Waals surface area contributed by atoms with E-state index < -0.39 is 0 Å². The number of thiophene rings is 1. The zero-order valence-electron chi connectivity index (χ0n) is 10.6. The minimum absolute atomic E-state index is 0.132. The molecule has 0 saturated carbocycles. The number of nitrogens with one attached hydrogen (secondary N) is 1. The van der Waals surface area contributed by atoms with Gasteiger partial charge in [0.2, 0.25) is 5.91 Å². The average molecular weight is 262 g/mol. The summed E-state index contributed by atoms with van der Waals surface area (Å²) in [6, 6.07) is 8.20. The van der Waals surface area contributed by atoms with Crippen molar-refractivity contribution in [3.8, 4) is 0 Å². The molecule has 0 saturated heterocycles. The Morgan fingerprint density at radius 1 is 1.33 bits per heavy atom. The standard InChI is InChI=1S/C14H18N2OS/c1-16-10-2-4-12(16)6-7-14(17)15-9-8-13-5-3-11-18-13/h2-5,10-11H,6-9H2,1H3,(H,15,17). The molecule has 0 aromatic carbocycles. The molecule has 0 unspecified atom stereocenters. The molecule has 2 aromatic heterocycles. The van der Waals surface area contributed by atoms with Crippen molar-refractivity contribution >= 4 is 17.2 Å². The fourth-order valence-corrected chi connectivity index (χ4v) is 2.58. The van der Waals surface area contributed by atoms with Gasteiger partial charge in [0, 0.05) is 36.8 Å². The number of rotatable bonds is 6. The van der Waals surface area contributed by atoms with Gasteiger partial charge in [-0.1, -0.05) is 6.07 Å². The molecule has 0 bridgehead atoms. The highest BCUT2D eigenvalue weighted by Crippen LogP contribution is 2.08. The molecule has 4 heteroatoms. The number of amides is 1. The second-order valence-electron chi connectivity index (χ2n) is 4.29. The maximum Gasteiger partial charge on any atom is 0.220 e. The van der Waals surface area contributed by atoms with Crippen LogP contribution in [-0.2, 0) is 24.7 Å². The van der Waals surface area contributed by atoms with E-state index in [2.05, 4.69) is 27.4 Å². The van der Waals surface area contributed by atoms with Crippen molar-refractivity contribution in [1.82, 2.24) is 9.88 Å². The minimum atomic E-state index is 0.132. The molecule has 18 heavy (non-hydrogen) atoms. The van der Waals surface area contributed by atoms with Gasteiger partial charge < -0.3 is 9.88 Å². The third kappa shape index (κ3) is 3.74. The van der Waals surface area contributed by atoms with Crippen LogP contribution < -0.4 is 5.32 Å². The van der Waals surface area contributed by atoms with Gasteiger partial charge in [-0.3, -0.25) is 4.79 Å². The lowest BCUT2D eigenvalue weighted by Gasteiger charge is -2.05. The van der Waals surface area contributed by atoms with E-state index in [1.807, 2.05) is 25.4 Å². The zero-order valence-corrected chi connectivity index (χ0v) is 11.4. The van der Waals surface area contributed by atoms with Crippen LogP contribution in [0.2, 0.25) is 0 Å². The predicted octanol–water partition coefficient (Wildman–Crippen LogP) is 2.38. The van der Waals surface area contributed by atoms with Crippen LogP contribution in [0.25, 0.3) is 0 Å². The molecule has 2 rings (SSSR count). The van der Waals surface area contributed by atoms with E-state index in [0.29, 0.717) is 6.42 Å². The van der Waals surface area contributed by atoms with Crippen molar-refractivity contribution in [3.63, 3.8) is 0 Å². The van der Waals surface area contributed by atoms with Crippen LogP contribution in [0.15, 0.2) is 35.8 Å². The molecular formula is C14H18N2OS. The molecule has 0 aliphatic carbocycles. The first-order valence-electron chi connectivity index (χ1n) is 6.15. The summed E-state index contributed by atoms with van der Waals surface area (Å²) in [7, 11) is 2.00. The molecule has 0 radical (unpaired) electrons. The topological polar surface area (TPSA) is 34.0 Å². The van der Waals surface area contributed by atoms with Gasteiger partial charge in [-0.05, 0) is 36.4 Å². The van der Waals surface area contributed by atoms with Gasteiger partial charge in [0.1, 0.15) is 0 Å². The molecule has 2 heterocycles. The third-order valence-corrected chi connectivity index (χ3v) is 3.87. The summed E-state index contributed by atoms with van der Waals surface area (Å²) >= 11 is 1.73. The summed E-state index contributed by atoms with van der Waals surface area (Å²) in [5.41, 5.74) is 1.20. The second kappa shape index (κ2) is 6.40. The van der Waals surface area contributed by atoms with E-state index in [4.69, 9.17) is 0 Å². The predicted molar refractivity (Wildman–Crippen MR) is 74.8 cm³/mol. The molecule has 0 atom stereocenters. The largest absolute Gasteiger partial charge is 0.356 e. The molecule has 0 spiro atoms. The highest BCUT2D eigenvalue weighted by Gasteiger charge is 2.04. The van der Waals surface area contributed by atoms with Crippen molar-refractivity contribution in [2.45, 2.75) is 19.3 Å². The van der Waals surface area contributed by atoms with Crippen molar-refractivity contribution in [1.29, 1.82) is 0 Å². The van der Waals surface area contributed by atoms with Crippen molar-refractivity contribution < 1.29 is 4.79 Å². The Balaban J connectivity index is 1.65. The van der Waals surface area contributed by atoms with E-state index in [9.17, 15) is 4.79 Å². The van der Waals surface area contributed by atoms with Gasteiger partial charge in [0.05, 0.1) is 0 Å². The monoisotopic (exact) mass is 262 g/mol. The summed E-state index contributed by atoms with van der Waals surface area (Å²) in [6.07, 6.45) is 4.29. The van der Waals surface area contributed by atoms with Gasteiger partial charge in [0.25, 0.3) is 0 Å². The molecule has 0 aliphatic heterocycles. The fraction of sp³-hybridized carbons (Fsp3) is 0.357. The lowest BCUT2D eigenvalue weighted by molar-refractivity contribution is -0.121. The van der Waals surface area contributed by atoms with Crippen LogP contribution in [0.4, 0.5) is 0 Å². The molecule has 1 amide bonds. The first-order valence-corrected chi connectivity index (χ1v) is 7.03. The smallest absolute Gasteiger partial charge is 0.220 e. The molecule has 2 aromatic rings. The van der Waals surface area contributed by atoms with Crippen LogP contribution in [0, 0.1) is 0 Å². The highest BCUT2D eigenvalue weighted by atomic mass is 32.1. The summed E-state index contributed by atoms with van der Waals surface area (Å²) in [6.45, 7) is 0.729. The molecular weight excluding hydrogens is 244 g/mol. The normalized spacial score (nSPS) is 10.5. The molecule has 1 N–H and O–H groups in total. The third-order valence-electron chi connectivity index (χ3n) is 2.93. The number of aromatic nitrogens is 1. The SMILES string of the molecule is Cn1cccc1CCC(=O)NCCc1cccs1. The Hall–Kier alpha value is -1.55. The van der Waals surface area contributed by atoms with Crippen LogP contribution in [0.5, 0.6) is 0 Å². The summed E-state index contributed by atoms with van der Waals surface area (Å²) in [5, 5.41) is 5.02. The maximum atomic E-state index is 11.7. The summed E-state index contributed by atoms with van der Waals surface area (Å²) in [5.74, 6) is 0.132. The Bertz CT molecular complexity index is 488. The van der Waals surface area contributed by atoms with E-state index in [0.717, 1.165) is 19.4 Å². The zero-order chi connectivity index (χ0) is 12.8. The second-order valence-corrected chi connectivity index (χ2v) is 5.32. The van der Waals surface area contributed by atoms with Gasteiger partial charge in [-0.2, -0.15) is 0 Å². The van der Waals surface area contributed by atoms with Gasteiger partial charge in [-0.15, -0.1) is 11.3 Å². The number of hydrogen-bond donors (Lipinski definition) is 1. The summed E-state index contributed by atoms with van der Waals surface area (Å²) < 4.78 is 2.05. The Morgan fingerprint density at radius 2 is 2.22 bits per heavy atom. The first kappa shape index (κ1) is 12.9. The Morgan fingerprint density at radius 3 is 2.89 bits per heavy atom. The maximum absolute atomic E-state index is 11.7. The van der Waals surface area contributed by atoms with E-state index in [1.165, 1.54) is 10.6 Å². The highest BCUT2D eigenvalue weighted by molar-refractivity contribution is 7.09. The van der Waals surface area contributed by atoms with Crippen LogP contribution in [-0.4, -0.2) is 17.0 Å². The van der Waals surface area contributed by atoms with E-state index in [1.54, 1.807) is 11.3 Å². The quantitative estimate of drug-likeness (QED) is 0.852. The minimum Gasteiger partial charge on any atom is -0.356 e. The molecule has 0 aliphatic rings. The Kier molecular flexibility index (Phi) is 4.59. The number of carbonyl (C=O) groups is 1. The molecule has 0 fully saturated rings. The van der Waals surface area contributed by atoms with Gasteiger partial charge in [-0.25, -0.2) is 0 Å². The van der Waals surface area contributed by atoms with Crippen molar-refractivity contribution in [3.05, 3.63) is 46.4 Å². The molecule has 96 valence electrons. The number of hydrogen-bond acceptors (Lipinski definition) is 2. The van der Waals surface area contributed by atoms with Crippen molar-refractivity contribution in [2.24, 2.45) is 7.05 Å². The number of nitrogens with zero attached hydrogens (tertiary/aromatic N) is 1. The Labute approximate surface area is 111 Å². The van der Waals surface area contributed by atoms with Crippen LogP contribution >= 0.6 is 11.3 Å². The average Bonchev–Trinajstić information content (AvgIpc) is 2.98. The lowest BCUT2D eigenvalue weighted by atomic mass is 10.2. The van der Waals surface area contributed by atoms with Crippen LogP contribution in [0.1, 0.15) is 17.0 Å².